The van der Waals surface area contributed by atoms with E-state index in [1.54, 1.807) is 7.05 Å². The molecule has 0 rings (SSSR count). The highest BCUT2D eigenvalue weighted by Crippen LogP contribution is 2.12. The van der Waals surface area contributed by atoms with Crippen LogP contribution in [0.25, 0.3) is 0 Å². The highest BCUT2D eigenvalue weighted by molar-refractivity contribution is 5.85. The monoisotopic (exact) mass is 202 g/mol. The van der Waals surface area contributed by atoms with Gasteiger partial charge in [-0.1, -0.05) is 13.8 Å². The summed E-state index contributed by atoms with van der Waals surface area (Å²) in [7, 11) is 1.75. The summed E-state index contributed by atoms with van der Waals surface area (Å²) < 4.78 is 0. The molecule has 0 saturated carbocycles. The summed E-state index contributed by atoms with van der Waals surface area (Å²) in [5.41, 5.74) is -0.828. The van der Waals surface area contributed by atoms with E-state index in [1.165, 1.54) is 0 Å². The van der Waals surface area contributed by atoms with Crippen LogP contribution >= 0.6 is 0 Å². The Morgan fingerprint density at radius 3 is 2.14 bits per heavy atom. The lowest BCUT2D eigenvalue weighted by Crippen LogP contribution is -2.53. The first kappa shape index (κ1) is 13.4. The highest BCUT2D eigenvalue weighted by Gasteiger charge is 2.26. The first-order chi connectivity index (χ1) is 6.25. The van der Waals surface area contributed by atoms with E-state index in [0.29, 0.717) is 6.54 Å². The topological polar surface area (TPSA) is 61.4 Å². The van der Waals surface area contributed by atoms with Gasteiger partial charge in [0.1, 0.15) is 0 Å². The number of rotatable bonds is 5. The minimum absolute atomic E-state index is 0.0541. The molecule has 0 heterocycles. The third-order valence-corrected chi connectivity index (χ3v) is 2.35. The van der Waals surface area contributed by atoms with Crippen LogP contribution in [0, 0.1) is 5.41 Å². The Labute approximate surface area is 86.1 Å². The van der Waals surface area contributed by atoms with Crippen LogP contribution in [0.1, 0.15) is 27.7 Å². The molecule has 0 aliphatic heterocycles. The highest BCUT2D eigenvalue weighted by atomic mass is 16.3. The minimum Gasteiger partial charge on any atom is -0.396 e. The van der Waals surface area contributed by atoms with Gasteiger partial charge in [0.15, 0.2) is 0 Å². The fourth-order valence-corrected chi connectivity index (χ4v) is 0.710. The van der Waals surface area contributed by atoms with Crippen molar-refractivity contribution in [2.24, 2.45) is 5.41 Å². The van der Waals surface area contributed by atoms with E-state index in [-0.39, 0.29) is 17.9 Å². The zero-order valence-electron chi connectivity index (χ0n) is 9.77. The first-order valence-electron chi connectivity index (χ1n) is 4.83. The molecule has 0 unspecified atom stereocenters. The molecule has 4 nitrogen and oxygen atoms in total. The lowest BCUT2D eigenvalue weighted by atomic mass is 9.94. The third-order valence-electron chi connectivity index (χ3n) is 2.35. The molecular weight excluding hydrogens is 180 g/mol. The molecule has 3 N–H and O–H groups in total. The van der Waals surface area contributed by atoms with Crippen molar-refractivity contribution >= 4 is 5.91 Å². The van der Waals surface area contributed by atoms with E-state index in [0.717, 1.165) is 0 Å². The quantitative estimate of drug-likeness (QED) is 0.593. The second-order valence-electron chi connectivity index (χ2n) is 4.88. The second kappa shape index (κ2) is 4.75. The van der Waals surface area contributed by atoms with E-state index in [9.17, 15) is 4.79 Å². The van der Waals surface area contributed by atoms with Crippen molar-refractivity contribution in [3.63, 3.8) is 0 Å². The van der Waals surface area contributed by atoms with Gasteiger partial charge in [-0.05, 0) is 20.9 Å². The molecule has 0 aromatic heterocycles. The van der Waals surface area contributed by atoms with Crippen molar-refractivity contribution in [1.82, 2.24) is 10.6 Å². The summed E-state index contributed by atoms with van der Waals surface area (Å²) in [4.78, 5) is 11.6. The van der Waals surface area contributed by atoms with Crippen molar-refractivity contribution < 1.29 is 9.90 Å². The molecule has 0 aromatic carbocycles. The Hall–Kier alpha value is -0.610. The number of nitrogens with one attached hydrogen (secondary N) is 2. The molecule has 84 valence electrons. The zero-order chi connectivity index (χ0) is 11.4. The number of carbonyl (C=O) groups is 1. The Kier molecular flexibility index (Phi) is 4.55. The van der Waals surface area contributed by atoms with Crippen LogP contribution in [-0.4, -0.2) is 36.8 Å². The number of carbonyl (C=O) groups excluding carboxylic acids is 1. The van der Waals surface area contributed by atoms with Crippen LogP contribution in [0.3, 0.4) is 0 Å². The van der Waals surface area contributed by atoms with Crippen molar-refractivity contribution in [3.05, 3.63) is 0 Å². The number of likely N-dealkylation sites (N-methyl/N-ethyl adjacent to an activating group) is 1. The van der Waals surface area contributed by atoms with Crippen LogP contribution in [0.2, 0.25) is 0 Å². The fraction of sp³-hybridized carbons (Fsp3) is 0.900. The number of aliphatic hydroxyl groups is 1. The maximum atomic E-state index is 11.6. The predicted octanol–water partition coefficient (Wildman–Crippen LogP) is 0.119. The van der Waals surface area contributed by atoms with Gasteiger partial charge in [0.05, 0.1) is 5.54 Å². The average molecular weight is 202 g/mol. The van der Waals surface area contributed by atoms with Crippen molar-refractivity contribution in [2.75, 3.05) is 20.2 Å². The summed E-state index contributed by atoms with van der Waals surface area (Å²) in [5, 5.41) is 14.7. The molecule has 0 aliphatic carbocycles. The maximum absolute atomic E-state index is 11.6. The number of aliphatic hydroxyl groups excluding tert-OH is 1. The van der Waals surface area contributed by atoms with Gasteiger partial charge < -0.3 is 15.7 Å². The summed E-state index contributed by atoms with van der Waals surface area (Å²) in [6, 6.07) is 0. The normalized spacial score (nSPS) is 12.7. The molecule has 1 amide bonds. The summed E-state index contributed by atoms with van der Waals surface area (Å²) in [6.45, 7) is 7.97. The molecule has 0 spiro atoms. The molecule has 0 radical (unpaired) electrons. The number of hydrogen-bond acceptors (Lipinski definition) is 3. The van der Waals surface area contributed by atoms with E-state index in [2.05, 4.69) is 10.6 Å². The summed E-state index contributed by atoms with van der Waals surface area (Å²) in [5.74, 6) is -0.0541. The molecule has 0 saturated heterocycles. The predicted molar refractivity (Wildman–Crippen MR) is 57.0 cm³/mol. The van der Waals surface area contributed by atoms with Crippen LogP contribution < -0.4 is 10.6 Å². The lowest BCUT2D eigenvalue weighted by Gasteiger charge is -2.27. The zero-order valence-corrected chi connectivity index (χ0v) is 9.77. The number of hydrogen-bond donors (Lipinski definition) is 3. The number of amides is 1. The van der Waals surface area contributed by atoms with Crippen LogP contribution in [-0.2, 0) is 4.79 Å². The third kappa shape index (κ3) is 4.07. The van der Waals surface area contributed by atoms with Crippen molar-refractivity contribution in [2.45, 2.75) is 33.2 Å². The SMILES string of the molecule is CNC(C)(C)C(=O)NCC(C)(C)CO. The smallest absolute Gasteiger partial charge is 0.239 e. The van der Waals surface area contributed by atoms with Gasteiger partial charge in [-0.15, -0.1) is 0 Å². The lowest BCUT2D eigenvalue weighted by molar-refractivity contribution is -0.126. The molecule has 0 atom stereocenters. The van der Waals surface area contributed by atoms with E-state index in [1.807, 2.05) is 27.7 Å². The van der Waals surface area contributed by atoms with Crippen molar-refractivity contribution in [3.8, 4) is 0 Å². The molecule has 14 heavy (non-hydrogen) atoms. The van der Waals surface area contributed by atoms with Gasteiger partial charge >= 0.3 is 0 Å². The van der Waals surface area contributed by atoms with Gasteiger partial charge in [-0.25, -0.2) is 0 Å². The van der Waals surface area contributed by atoms with Gasteiger partial charge in [-0.2, -0.15) is 0 Å². The largest absolute Gasteiger partial charge is 0.396 e. The standard InChI is InChI=1S/C10H22N2O2/c1-9(2,7-13)6-12-8(14)10(3,4)11-5/h11,13H,6-7H2,1-5H3,(H,12,14). The van der Waals surface area contributed by atoms with Gasteiger partial charge in [0.2, 0.25) is 5.91 Å². The summed E-state index contributed by atoms with van der Waals surface area (Å²) in [6.07, 6.45) is 0. The van der Waals surface area contributed by atoms with Crippen LogP contribution in [0.15, 0.2) is 0 Å². The second-order valence-corrected chi connectivity index (χ2v) is 4.88. The molecule has 4 heteroatoms. The molecule has 0 aromatic rings. The first-order valence-corrected chi connectivity index (χ1v) is 4.83. The van der Waals surface area contributed by atoms with E-state index >= 15 is 0 Å². The van der Waals surface area contributed by atoms with Gasteiger partial charge in [-0.3, -0.25) is 4.79 Å². The molecule has 0 aliphatic rings. The Morgan fingerprint density at radius 2 is 1.79 bits per heavy atom. The van der Waals surface area contributed by atoms with Crippen molar-refractivity contribution in [1.29, 1.82) is 0 Å². The van der Waals surface area contributed by atoms with Crippen LogP contribution in [0.5, 0.6) is 0 Å². The molecular formula is C10H22N2O2. The Morgan fingerprint density at radius 1 is 1.29 bits per heavy atom. The maximum Gasteiger partial charge on any atom is 0.239 e. The Balaban J connectivity index is 4.10. The van der Waals surface area contributed by atoms with Gasteiger partial charge in [0.25, 0.3) is 0 Å². The van der Waals surface area contributed by atoms with Gasteiger partial charge in [0, 0.05) is 18.6 Å². The Bertz CT molecular complexity index is 200. The minimum atomic E-state index is -0.564. The fourth-order valence-electron chi connectivity index (χ4n) is 0.710. The average Bonchev–Trinajstić information content (AvgIpc) is 2.14. The molecule has 0 fully saturated rings. The van der Waals surface area contributed by atoms with E-state index < -0.39 is 5.54 Å². The summed E-state index contributed by atoms with van der Waals surface area (Å²) >= 11 is 0. The molecule has 0 bridgehead atoms. The van der Waals surface area contributed by atoms with Crippen LogP contribution in [0.4, 0.5) is 0 Å². The van der Waals surface area contributed by atoms with E-state index in [4.69, 9.17) is 5.11 Å².